The third kappa shape index (κ3) is 16.0. The van der Waals surface area contributed by atoms with Gasteiger partial charge in [0.25, 0.3) is 0 Å². The number of carbonyl (C=O) groups is 4. The molecule has 0 spiro atoms. The molecule has 10 nitrogen and oxygen atoms in total. The first-order valence-electron chi connectivity index (χ1n) is 10.7. The van der Waals surface area contributed by atoms with E-state index in [0.29, 0.717) is 25.9 Å². The van der Waals surface area contributed by atoms with Gasteiger partial charge in [-0.05, 0) is 54.4 Å². The molecule has 0 radical (unpaired) electrons. The molecular formula is C22H40N4O6. The van der Waals surface area contributed by atoms with Gasteiger partial charge < -0.3 is 29.9 Å². The molecule has 0 atom stereocenters. The fourth-order valence-electron chi connectivity index (χ4n) is 2.22. The van der Waals surface area contributed by atoms with Gasteiger partial charge in [-0.2, -0.15) is 0 Å². The summed E-state index contributed by atoms with van der Waals surface area (Å²) in [5.74, 6) is -1.33. The lowest BCUT2D eigenvalue weighted by atomic mass is 10.1. The number of esters is 2. The monoisotopic (exact) mass is 456 g/mol. The first-order chi connectivity index (χ1) is 14.6. The van der Waals surface area contributed by atoms with Crippen LogP contribution >= 0.6 is 0 Å². The van der Waals surface area contributed by atoms with Crippen molar-refractivity contribution in [3.63, 3.8) is 0 Å². The summed E-state index contributed by atoms with van der Waals surface area (Å²) in [6.07, 6.45) is 2.94. The van der Waals surface area contributed by atoms with Gasteiger partial charge >= 0.3 is 24.0 Å². The Morgan fingerprint density at radius 3 is 1.28 bits per heavy atom. The molecule has 4 amide bonds. The van der Waals surface area contributed by atoms with E-state index in [1.807, 2.05) is 41.5 Å². The second-order valence-corrected chi connectivity index (χ2v) is 9.58. The minimum atomic E-state index is -0.665. The van der Waals surface area contributed by atoms with Crippen LogP contribution in [0.2, 0.25) is 0 Å². The smallest absolute Gasteiger partial charge is 0.331 e. The molecule has 184 valence electrons. The van der Waals surface area contributed by atoms with Crippen LogP contribution in [0, 0.1) is 0 Å². The Labute approximate surface area is 191 Å². The minimum absolute atomic E-state index is 0.119. The molecule has 0 aliphatic rings. The van der Waals surface area contributed by atoms with E-state index in [0.717, 1.165) is 12.2 Å². The molecule has 0 aliphatic carbocycles. The fourth-order valence-corrected chi connectivity index (χ4v) is 2.22. The van der Waals surface area contributed by atoms with Crippen LogP contribution in [-0.4, -0.2) is 85.3 Å². The zero-order valence-electron chi connectivity index (χ0n) is 20.7. The number of hydrogen-bond acceptors (Lipinski definition) is 6. The van der Waals surface area contributed by atoms with Gasteiger partial charge in [0.2, 0.25) is 0 Å². The number of amides is 4. The summed E-state index contributed by atoms with van der Waals surface area (Å²) >= 11 is 0. The second-order valence-electron chi connectivity index (χ2n) is 9.58. The van der Waals surface area contributed by atoms with Crippen LogP contribution in [0.15, 0.2) is 12.2 Å². The van der Waals surface area contributed by atoms with Crippen molar-refractivity contribution in [2.45, 2.75) is 65.5 Å². The lowest BCUT2D eigenvalue weighted by Gasteiger charge is -2.25. The average Bonchev–Trinajstić information content (AvgIpc) is 2.63. The first kappa shape index (κ1) is 29.2. The van der Waals surface area contributed by atoms with Gasteiger partial charge in [0.1, 0.15) is 0 Å². The summed E-state index contributed by atoms with van der Waals surface area (Å²) in [6.45, 7) is 12.4. The van der Waals surface area contributed by atoms with E-state index in [9.17, 15) is 19.2 Å². The highest BCUT2D eigenvalue weighted by Gasteiger charge is 2.17. The number of rotatable bonds is 10. The largest absolute Gasteiger partial charge is 0.462 e. The van der Waals surface area contributed by atoms with E-state index in [4.69, 9.17) is 9.47 Å². The van der Waals surface area contributed by atoms with Crippen LogP contribution in [0.5, 0.6) is 0 Å². The van der Waals surface area contributed by atoms with Crippen molar-refractivity contribution in [1.29, 1.82) is 0 Å². The number of urea groups is 2. The summed E-state index contributed by atoms with van der Waals surface area (Å²) in [5, 5.41) is 5.67. The van der Waals surface area contributed by atoms with Gasteiger partial charge in [-0.3, -0.25) is 0 Å². The van der Waals surface area contributed by atoms with Crippen molar-refractivity contribution in [1.82, 2.24) is 20.4 Å². The van der Waals surface area contributed by atoms with Gasteiger partial charge in [-0.1, -0.05) is 0 Å². The lowest BCUT2D eigenvalue weighted by Crippen LogP contribution is -2.47. The summed E-state index contributed by atoms with van der Waals surface area (Å²) < 4.78 is 10.0. The van der Waals surface area contributed by atoms with Crippen LogP contribution in [0.25, 0.3) is 0 Å². The predicted octanol–water partition coefficient (Wildman–Crippen LogP) is 2.29. The zero-order valence-corrected chi connectivity index (χ0v) is 20.7. The topological polar surface area (TPSA) is 117 Å². The molecule has 0 rings (SSSR count). The molecule has 32 heavy (non-hydrogen) atoms. The molecule has 0 aliphatic heterocycles. The molecule has 2 N–H and O–H groups in total. The van der Waals surface area contributed by atoms with Crippen molar-refractivity contribution >= 4 is 24.0 Å². The Kier molecular flexibility index (Phi) is 12.4. The number of carbonyl (C=O) groups excluding carboxylic acids is 4. The van der Waals surface area contributed by atoms with Gasteiger partial charge in [-0.25, -0.2) is 19.2 Å². The zero-order chi connectivity index (χ0) is 24.9. The van der Waals surface area contributed by atoms with E-state index >= 15 is 0 Å². The van der Waals surface area contributed by atoms with E-state index in [1.54, 1.807) is 14.1 Å². The number of ether oxygens (including phenoxy) is 2. The predicted molar refractivity (Wildman–Crippen MR) is 122 cm³/mol. The third-order valence-electron chi connectivity index (χ3n) is 3.78. The summed E-state index contributed by atoms with van der Waals surface area (Å²) in [4.78, 5) is 50.2. The molecule has 0 aromatic carbocycles. The van der Waals surface area contributed by atoms with E-state index in [2.05, 4.69) is 10.6 Å². The van der Waals surface area contributed by atoms with Crippen molar-refractivity contribution in [2.75, 3.05) is 40.4 Å². The SMILES string of the molecule is CN(CCCOC(=O)/C=C/C(=O)OCCCN(C)C(=O)NC(C)(C)C)C(=O)NC(C)(C)C. The second kappa shape index (κ2) is 13.6. The maximum atomic E-state index is 11.9. The van der Waals surface area contributed by atoms with Gasteiger partial charge in [0.15, 0.2) is 0 Å². The van der Waals surface area contributed by atoms with E-state index < -0.39 is 11.9 Å². The van der Waals surface area contributed by atoms with Crippen LogP contribution in [0.4, 0.5) is 9.59 Å². The molecule has 0 unspecified atom stereocenters. The van der Waals surface area contributed by atoms with E-state index in [1.165, 1.54) is 9.80 Å². The molecule has 0 bridgehead atoms. The molecule has 0 aromatic heterocycles. The van der Waals surface area contributed by atoms with Crippen molar-refractivity contribution in [3.05, 3.63) is 12.2 Å². The van der Waals surface area contributed by atoms with Crippen LogP contribution < -0.4 is 10.6 Å². The van der Waals surface area contributed by atoms with Crippen LogP contribution in [0.3, 0.4) is 0 Å². The maximum Gasteiger partial charge on any atom is 0.331 e. The van der Waals surface area contributed by atoms with Gasteiger partial charge in [-0.15, -0.1) is 0 Å². The summed E-state index contributed by atoms with van der Waals surface area (Å²) in [6, 6.07) is -0.403. The third-order valence-corrected chi connectivity index (χ3v) is 3.78. The summed E-state index contributed by atoms with van der Waals surface area (Å²) in [7, 11) is 3.32. The fraction of sp³-hybridized carbons (Fsp3) is 0.727. The first-order valence-corrected chi connectivity index (χ1v) is 10.7. The highest BCUT2D eigenvalue weighted by molar-refractivity contribution is 5.91. The standard InChI is InChI=1S/C22H40N4O6/c1-21(2,3)23-19(29)25(7)13-9-15-31-17(27)11-12-18(28)32-16-10-14-26(8)20(30)24-22(4,5)6/h11-12H,9-10,13-16H2,1-8H3,(H,23,29)(H,24,30)/b12-11+. The molecule has 0 saturated heterocycles. The van der Waals surface area contributed by atoms with E-state index in [-0.39, 0.29) is 36.4 Å². The van der Waals surface area contributed by atoms with Crippen LogP contribution in [-0.2, 0) is 19.1 Å². The van der Waals surface area contributed by atoms with Crippen molar-refractivity contribution in [3.8, 4) is 0 Å². The number of hydrogen-bond donors (Lipinski definition) is 2. The normalized spacial score (nSPS) is 11.6. The van der Waals surface area contributed by atoms with Crippen molar-refractivity contribution in [2.24, 2.45) is 0 Å². The molecule has 0 aromatic rings. The Balaban J connectivity index is 4.00. The number of nitrogens with zero attached hydrogens (tertiary/aromatic N) is 2. The van der Waals surface area contributed by atoms with Crippen LogP contribution in [0.1, 0.15) is 54.4 Å². The lowest BCUT2D eigenvalue weighted by molar-refractivity contribution is -0.140. The van der Waals surface area contributed by atoms with Gasteiger partial charge in [0.05, 0.1) is 13.2 Å². The highest BCUT2D eigenvalue weighted by atomic mass is 16.5. The molecule has 10 heteroatoms. The summed E-state index contributed by atoms with van der Waals surface area (Å²) in [5.41, 5.74) is -0.651. The average molecular weight is 457 g/mol. The Morgan fingerprint density at radius 2 is 1.00 bits per heavy atom. The Hall–Kier alpha value is -2.78. The Bertz CT molecular complexity index is 608. The van der Waals surface area contributed by atoms with Crippen molar-refractivity contribution < 1.29 is 28.7 Å². The Morgan fingerprint density at radius 1 is 0.688 bits per heavy atom. The number of nitrogens with one attached hydrogen (secondary N) is 2. The highest BCUT2D eigenvalue weighted by Crippen LogP contribution is 2.02. The molecular weight excluding hydrogens is 416 g/mol. The quantitative estimate of drug-likeness (QED) is 0.296. The van der Waals surface area contributed by atoms with Gasteiger partial charge in [0, 0.05) is 50.4 Å². The molecule has 0 saturated carbocycles. The molecule has 0 heterocycles. The molecule has 0 fully saturated rings. The maximum absolute atomic E-state index is 11.9. The minimum Gasteiger partial charge on any atom is -0.462 e.